The van der Waals surface area contributed by atoms with Gasteiger partial charge in [-0.25, -0.2) is 8.42 Å². The second-order valence-corrected chi connectivity index (χ2v) is 10.7. The molecule has 0 radical (unpaired) electrons. The Hall–Kier alpha value is -3.73. The van der Waals surface area contributed by atoms with Crippen LogP contribution in [-0.4, -0.2) is 24.5 Å². The first-order chi connectivity index (χ1) is 16.3. The summed E-state index contributed by atoms with van der Waals surface area (Å²) in [6, 6.07) is 17.2. The van der Waals surface area contributed by atoms with Crippen molar-refractivity contribution in [3.05, 3.63) is 89.5 Å². The Morgan fingerprint density at radius 1 is 1.03 bits per heavy atom. The van der Waals surface area contributed by atoms with Gasteiger partial charge in [0, 0.05) is 28.6 Å². The summed E-state index contributed by atoms with van der Waals surface area (Å²) in [5.41, 5.74) is 1.19. The molecule has 1 aliphatic rings. The summed E-state index contributed by atoms with van der Waals surface area (Å²) < 4.78 is 34.0. The monoisotopic (exact) mass is 493 g/mol. The minimum atomic E-state index is -3.77. The fraction of sp³-hybridized carbons (Fsp3) is 0.0833. The number of benzene rings is 2. The molecule has 3 heterocycles. The second kappa shape index (κ2) is 8.56. The number of hydrogen-bond acceptors (Lipinski definition) is 6. The maximum Gasteiger partial charge on any atom is 0.265 e. The highest BCUT2D eigenvalue weighted by molar-refractivity contribution is 7.89. The van der Waals surface area contributed by atoms with Crippen molar-refractivity contribution >= 4 is 54.8 Å². The zero-order chi connectivity index (χ0) is 23.9. The third-order valence-electron chi connectivity index (χ3n) is 5.39. The van der Waals surface area contributed by atoms with Gasteiger partial charge >= 0.3 is 0 Å². The molecule has 0 atom stereocenters. The molecular formula is C24H19N3O5S2. The van der Waals surface area contributed by atoms with Gasteiger partial charge in [-0.15, -0.1) is 11.3 Å². The van der Waals surface area contributed by atoms with Crippen LogP contribution in [0.1, 0.15) is 21.0 Å². The average molecular weight is 494 g/mol. The van der Waals surface area contributed by atoms with Gasteiger partial charge in [0.1, 0.15) is 5.76 Å². The van der Waals surface area contributed by atoms with Crippen LogP contribution in [0.5, 0.6) is 0 Å². The quantitative estimate of drug-likeness (QED) is 0.382. The molecular weight excluding hydrogens is 474 g/mol. The minimum absolute atomic E-state index is 0.0616. The first-order valence-electron chi connectivity index (χ1n) is 10.3. The van der Waals surface area contributed by atoms with E-state index >= 15 is 0 Å². The number of amides is 2. The Labute approximate surface area is 199 Å². The second-order valence-electron chi connectivity index (χ2n) is 7.65. The van der Waals surface area contributed by atoms with Crippen molar-refractivity contribution in [2.45, 2.75) is 18.0 Å². The van der Waals surface area contributed by atoms with Gasteiger partial charge in [0.2, 0.25) is 15.9 Å². The first-order valence-corrected chi connectivity index (χ1v) is 12.5. The van der Waals surface area contributed by atoms with E-state index in [2.05, 4.69) is 17.2 Å². The van der Waals surface area contributed by atoms with Crippen LogP contribution < -0.4 is 10.6 Å². The Bertz CT molecular complexity index is 1480. The Kier molecular flexibility index (Phi) is 5.56. The molecule has 8 nitrogen and oxygen atoms in total. The van der Waals surface area contributed by atoms with Crippen molar-refractivity contribution in [2.75, 3.05) is 10.6 Å². The molecule has 0 unspecified atom stereocenters. The SMILES string of the molecule is C=CC(=O)Nc1cc2c(o1)CN(S(=O)(=O)c1ccc(NC(=O)c3cc4ccccc4s3)cc1)C2. The minimum Gasteiger partial charge on any atom is -0.444 e. The van der Waals surface area contributed by atoms with Crippen LogP contribution in [0.2, 0.25) is 0 Å². The predicted molar refractivity (Wildman–Crippen MR) is 130 cm³/mol. The van der Waals surface area contributed by atoms with Crippen molar-refractivity contribution < 1.29 is 22.4 Å². The molecule has 0 fully saturated rings. The van der Waals surface area contributed by atoms with Crippen LogP contribution in [-0.2, 0) is 27.9 Å². The number of fused-ring (bicyclic) bond motifs is 2. The molecule has 0 spiro atoms. The van der Waals surface area contributed by atoms with E-state index in [-0.39, 0.29) is 29.8 Å². The average Bonchev–Trinajstić information content (AvgIpc) is 3.52. The van der Waals surface area contributed by atoms with E-state index < -0.39 is 15.9 Å². The standard InChI is InChI=1S/C24H19N3O5S2/c1-2-22(28)26-23-12-16-13-27(14-19(16)32-23)34(30,31)18-9-7-17(8-10-18)25-24(29)21-11-15-5-3-4-6-20(15)33-21/h2-12H,1,13-14H2,(H,25,29)(H,26,28). The third-order valence-corrected chi connectivity index (χ3v) is 8.32. The van der Waals surface area contributed by atoms with Crippen LogP contribution in [0.4, 0.5) is 11.6 Å². The number of nitrogens with zero attached hydrogens (tertiary/aromatic N) is 1. The van der Waals surface area contributed by atoms with Crippen molar-refractivity contribution in [2.24, 2.45) is 0 Å². The van der Waals surface area contributed by atoms with Gasteiger partial charge < -0.3 is 9.73 Å². The van der Waals surface area contributed by atoms with Crippen molar-refractivity contribution in [1.29, 1.82) is 0 Å². The molecule has 10 heteroatoms. The molecule has 0 aliphatic carbocycles. The lowest BCUT2D eigenvalue weighted by Gasteiger charge is -2.16. The summed E-state index contributed by atoms with van der Waals surface area (Å²) in [5.74, 6) is 0.0810. The molecule has 34 heavy (non-hydrogen) atoms. The molecule has 0 saturated carbocycles. The summed E-state index contributed by atoms with van der Waals surface area (Å²) in [6.07, 6.45) is 1.12. The van der Waals surface area contributed by atoms with Gasteiger partial charge in [-0.3, -0.25) is 14.9 Å². The molecule has 2 N–H and O–H groups in total. The van der Waals surface area contributed by atoms with Crippen LogP contribution in [0.3, 0.4) is 0 Å². The summed E-state index contributed by atoms with van der Waals surface area (Å²) in [4.78, 5) is 24.7. The van der Waals surface area contributed by atoms with E-state index in [0.717, 1.165) is 16.2 Å². The normalized spacial score (nSPS) is 13.5. The Balaban J connectivity index is 1.26. The molecule has 1 aliphatic heterocycles. The number of nitrogens with one attached hydrogen (secondary N) is 2. The Morgan fingerprint density at radius 2 is 1.79 bits per heavy atom. The highest BCUT2D eigenvalue weighted by Gasteiger charge is 2.33. The lowest BCUT2D eigenvalue weighted by Crippen LogP contribution is -2.25. The number of anilines is 2. The van der Waals surface area contributed by atoms with E-state index in [9.17, 15) is 18.0 Å². The lowest BCUT2D eigenvalue weighted by molar-refractivity contribution is -0.112. The van der Waals surface area contributed by atoms with Crippen molar-refractivity contribution in [3.63, 3.8) is 0 Å². The number of carbonyl (C=O) groups excluding carboxylic acids is 2. The van der Waals surface area contributed by atoms with E-state index in [1.165, 1.54) is 27.8 Å². The Morgan fingerprint density at radius 3 is 2.50 bits per heavy atom. The van der Waals surface area contributed by atoms with Crippen LogP contribution in [0.25, 0.3) is 10.1 Å². The molecule has 4 aromatic rings. The fourth-order valence-electron chi connectivity index (χ4n) is 3.69. The van der Waals surface area contributed by atoms with Crippen LogP contribution in [0, 0.1) is 0 Å². The summed E-state index contributed by atoms with van der Waals surface area (Å²) in [6.45, 7) is 3.58. The summed E-state index contributed by atoms with van der Waals surface area (Å²) >= 11 is 1.40. The van der Waals surface area contributed by atoms with Gasteiger partial charge in [-0.2, -0.15) is 4.31 Å². The molecule has 0 bridgehead atoms. The lowest BCUT2D eigenvalue weighted by atomic mass is 10.2. The zero-order valence-corrected chi connectivity index (χ0v) is 19.4. The van der Waals surface area contributed by atoms with Gasteiger partial charge in [0.25, 0.3) is 5.91 Å². The fourth-order valence-corrected chi connectivity index (χ4v) is 6.02. The summed E-state index contributed by atoms with van der Waals surface area (Å²) in [5, 5.41) is 6.33. The van der Waals surface area contributed by atoms with Crippen LogP contribution in [0.15, 0.2) is 82.6 Å². The van der Waals surface area contributed by atoms with Gasteiger partial charge in [-0.05, 0) is 47.9 Å². The topological polar surface area (TPSA) is 109 Å². The number of carbonyl (C=O) groups is 2. The maximum absolute atomic E-state index is 13.1. The number of hydrogen-bond donors (Lipinski definition) is 2. The van der Waals surface area contributed by atoms with Crippen LogP contribution >= 0.6 is 11.3 Å². The van der Waals surface area contributed by atoms with Gasteiger partial charge in [-0.1, -0.05) is 24.8 Å². The zero-order valence-electron chi connectivity index (χ0n) is 17.8. The van der Waals surface area contributed by atoms with Crippen molar-refractivity contribution in [3.8, 4) is 0 Å². The largest absolute Gasteiger partial charge is 0.444 e. The van der Waals surface area contributed by atoms with E-state index in [0.29, 0.717) is 21.9 Å². The van der Waals surface area contributed by atoms with E-state index in [1.54, 1.807) is 18.2 Å². The number of thiophene rings is 1. The number of furan rings is 1. The van der Waals surface area contributed by atoms with Crippen molar-refractivity contribution in [1.82, 2.24) is 4.31 Å². The predicted octanol–water partition coefficient (Wildman–Crippen LogP) is 4.58. The smallest absolute Gasteiger partial charge is 0.265 e. The van der Waals surface area contributed by atoms with Gasteiger partial charge in [0.05, 0.1) is 16.3 Å². The van der Waals surface area contributed by atoms with E-state index in [1.807, 2.05) is 30.3 Å². The third kappa shape index (κ3) is 4.14. The molecule has 5 rings (SSSR count). The highest BCUT2D eigenvalue weighted by Crippen LogP contribution is 2.33. The number of rotatable bonds is 6. The molecule has 2 aromatic heterocycles. The maximum atomic E-state index is 13.1. The summed E-state index contributed by atoms with van der Waals surface area (Å²) in [7, 11) is -3.77. The van der Waals surface area contributed by atoms with Gasteiger partial charge in [0.15, 0.2) is 5.88 Å². The van der Waals surface area contributed by atoms with E-state index in [4.69, 9.17) is 4.42 Å². The first kappa shape index (κ1) is 22.1. The highest BCUT2D eigenvalue weighted by atomic mass is 32.2. The molecule has 172 valence electrons. The molecule has 2 amide bonds. The molecule has 2 aromatic carbocycles. The number of sulfonamides is 1. The molecule has 0 saturated heterocycles.